The van der Waals surface area contributed by atoms with Crippen LogP contribution in [0.25, 0.3) is 44.4 Å². The maximum absolute atomic E-state index is 13.2. The summed E-state index contributed by atoms with van der Waals surface area (Å²) in [5.41, 5.74) is 9.96. The first-order chi connectivity index (χ1) is 32.0. The van der Waals surface area contributed by atoms with Gasteiger partial charge in [-0.05, 0) is 115 Å². The SMILES string of the molecule is CC1=C(CCC(=O)O)c2cc3nc(cc4[nH]c(cc5[nH]c(cc1n2)c(C(C)OCCn1c([N+](=O)[O-])cnc1C)c5C)c(SOOO)c4C)C(C)=C3CCC(=O)OCCn1c([N+](=O)[O-])cnc1C. The molecule has 0 saturated carbocycles. The average Bonchev–Trinajstić information content (AvgIpc) is 4.10. The number of esters is 1. The summed E-state index contributed by atoms with van der Waals surface area (Å²) in [5, 5.41) is 46.0. The normalized spacial score (nSPS) is 13.1. The number of aliphatic carboxylic acids is 1. The number of carbonyl (C=O) groups is 2. The van der Waals surface area contributed by atoms with Crippen molar-refractivity contribution in [1.29, 1.82) is 0 Å². The second-order valence-electron chi connectivity index (χ2n) is 15.9. The van der Waals surface area contributed by atoms with Gasteiger partial charge in [-0.1, -0.05) is 5.04 Å². The lowest BCUT2D eigenvalue weighted by molar-refractivity contribution is -0.432. The quantitative estimate of drug-likeness (QED) is 0.0198. The van der Waals surface area contributed by atoms with Gasteiger partial charge in [0.05, 0.1) is 57.9 Å². The van der Waals surface area contributed by atoms with Crippen molar-refractivity contribution in [3.63, 3.8) is 0 Å². The van der Waals surface area contributed by atoms with E-state index in [9.17, 15) is 34.9 Å². The Labute approximate surface area is 386 Å². The van der Waals surface area contributed by atoms with E-state index in [0.717, 1.165) is 51.6 Å². The fourth-order valence-corrected chi connectivity index (χ4v) is 8.89. The van der Waals surface area contributed by atoms with Gasteiger partial charge in [0.25, 0.3) is 0 Å². The van der Waals surface area contributed by atoms with Crippen LogP contribution in [0, 0.1) is 47.9 Å². The van der Waals surface area contributed by atoms with Gasteiger partial charge in [0.15, 0.2) is 11.6 Å². The van der Waals surface area contributed by atoms with Crippen molar-refractivity contribution in [2.24, 2.45) is 0 Å². The third kappa shape index (κ3) is 10.2. The van der Waals surface area contributed by atoms with E-state index in [4.69, 9.17) is 29.0 Å². The van der Waals surface area contributed by atoms with Crippen LogP contribution < -0.4 is 0 Å². The molecule has 0 saturated heterocycles. The fourth-order valence-electron chi connectivity index (χ4n) is 8.35. The molecule has 4 N–H and O–H groups in total. The fraction of sp³-hybridized carbons (Fsp3) is 0.364. The van der Waals surface area contributed by atoms with Crippen LogP contribution in [0.4, 0.5) is 11.6 Å². The minimum Gasteiger partial charge on any atom is -0.481 e. The molecule has 5 aromatic heterocycles. The van der Waals surface area contributed by atoms with Crippen molar-refractivity contribution in [3.05, 3.63) is 108 Å². The number of hydrogen-bond acceptors (Lipinski definition) is 16. The third-order valence-electron chi connectivity index (χ3n) is 11.9. The molecule has 22 nitrogen and oxygen atoms in total. The van der Waals surface area contributed by atoms with Crippen LogP contribution in [0.3, 0.4) is 0 Å². The number of nitro groups is 2. The highest BCUT2D eigenvalue weighted by molar-refractivity contribution is 7.94. The Morgan fingerprint density at radius 1 is 0.746 bits per heavy atom. The summed E-state index contributed by atoms with van der Waals surface area (Å²) in [6.45, 7) is 13.0. The number of aromatic amines is 2. The number of nitrogens with zero attached hydrogens (tertiary/aromatic N) is 8. The third-order valence-corrected chi connectivity index (χ3v) is 12.8. The van der Waals surface area contributed by atoms with Gasteiger partial charge in [-0.15, -0.1) is 4.33 Å². The minimum atomic E-state index is -0.981. The highest BCUT2D eigenvalue weighted by atomic mass is 32.2. The molecule has 0 amide bonds. The van der Waals surface area contributed by atoms with Gasteiger partial charge in [0.2, 0.25) is 0 Å². The standard InChI is InChI=1S/C44H48N10O12S/c1-22-29(8-10-41(55)56)35-19-36-30(9-11-42(57)64-15-13-52-28(7)46-21-40(52)54(60)61)23(2)31(47-36)16-34-25(4)44(67-66-65-62)38(50-34)18-33-24(3)43(37(49-33)17-32(22)48-35)26(5)63-14-12-51-27(6)45-20-39(51)53(58)59/h16-21,26,49-50,62H,8-15H2,1-7H3,(H,55,56). The molecule has 7 rings (SSSR count). The van der Waals surface area contributed by atoms with Crippen molar-refractivity contribution >= 4 is 80.0 Å². The van der Waals surface area contributed by atoms with Crippen LogP contribution in [-0.4, -0.2) is 84.4 Å². The maximum Gasteiger partial charge on any atom is 0.342 e. The number of imidazole rings is 2. The van der Waals surface area contributed by atoms with Crippen LogP contribution in [0.15, 0.2) is 41.6 Å². The number of fused-ring (bicyclic) bond motifs is 8. The van der Waals surface area contributed by atoms with Crippen molar-refractivity contribution in [1.82, 2.24) is 39.0 Å². The number of H-pyrrole nitrogens is 2. The number of carboxylic acids is 1. The van der Waals surface area contributed by atoms with Crippen LogP contribution in [0.5, 0.6) is 0 Å². The molecule has 0 fully saturated rings. The van der Waals surface area contributed by atoms with E-state index >= 15 is 0 Å². The average molecular weight is 941 g/mol. The van der Waals surface area contributed by atoms with Gasteiger partial charge in [0.1, 0.15) is 32.1 Å². The molecule has 7 heterocycles. The van der Waals surface area contributed by atoms with E-state index in [-0.39, 0.29) is 63.6 Å². The van der Waals surface area contributed by atoms with E-state index in [1.807, 2.05) is 52.8 Å². The van der Waals surface area contributed by atoms with Crippen molar-refractivity contribution in [2.45, 2.75) is 98.2 Å². The van der Waals surface area contributed by atoms with Crippen molar-refractivity contribution in [3.8, 4) is 0 Å². The molecule has 2 aliphatic heterocycles. The Morgan fingerprint density at radius 3 is 1.85 bits per heavy atom. The number of rotatable bonds is 19. The lowest BCUT2D eigenvalue weighted by atomic mass is 9.98. The first-order valence-electron chi connectivity index (χ1n) is 21.1. The second-order valence-corrected chi connectivity index (χ2v) is 16.7. The number of allylic oxidation sites excluding steroid dienone is 4. The molecule has 0 spiro atoms. The first-order valence-corrected chi connectivity index (χ1v) is 21.8. The highest BCUT2D eigenvalue weighted by Gasteiger charge is 2.26. The van der Waals surface area contributed by atoms with Gasteiger partial charge >= 0.3 is 23.6 Å². The number of aryl methyl sites for hydroxylation is 4. The molecule has 67 heavy (non-hydrogen) atoms. The van der Waals surface area contributed by atoms with Gasteiger partial charge in [-0.2, -0.15) is 0 Å². The maximum atomic E-state index is 13.2. The summed E-state index contributed by atoms with van der Waals surface area (Å²) < 4.78 is 19.7. The zero-order valence-electron chi connectivity index (χ0n) is 37.7. The lowest BCUT2D eigenvalue weighted by Crippen LogP contribution is -2.13. The van der Waals surface area contributed by atoms with E-state index in [0.29, 0.717) is 67.0 Å². The number of ether oxygens (including phenoxy) is 2. The number of nitrogens with one attached hydrogen (secondary N) is 2. The first kappa shape index (κ1) is 47.9. The minimum absolute atomic E-state index is 0.0452. The number of carboxylic acid groups (broad SMARTS) is 1. The van der Waals surface area contributed by atoms with Gasteiger partial charge in [0, 0.05) is 48.8 Å². The molecule has 5 aromatic rings. The molecular weight excluding hydrogens is 893 g/mol. The van der Waals surface area contributed by atoms with Gasteiger partial charge in [-0.3, -0.25) is 9.59 Å². The topological polar surface area (TPSA) is 291 Å². The van der Waals surface area contributed by atoms with E-state index in [2.05, 4.69) is 25.0 Å². The summed E-state index contributed by atoms with van der Waals surface area (Å²) in [6.07, 6.45) is 1.98. The monoisotopic (exact) mass is 940 g/mol. The van der Waals surface area contributed by atoms with Gasteiger partial charge < -0.3 is 44.8 Å². The molecule has 8 bridgehead atoms. The molecule has 0 aromatic carbocycles. The summed E-state index contributed by atoms with van der Waals surface area (Å²) in [6, 6.07) is 7.40. The van der Waals surface area contributed by atoms with Crippen molar-refractivity contribution in [2.75, 3.05) is 13.2 Å². The molecule has 0 aliphatic carbocycles. The predicted molar refractivity (Wildman–Crippen MR) is 245 cm³/mol. The Morgan fingerprint density at radius 2 is 1.28 bits per heavy atom. The molecule has 1 atom stereocenters. The zero-order chi connectivity index (χ0) is 48.3. The summed E-state index contributed by atoms with van der Waals surface area (Å²) in [7, 11) is 0. The number of carbonyl (C=O) groups excluding carboxylic acids is 1. The second kappa shape index (κ2) is 20.2. The van der Waals surface area contributed by atoms with E-state index in [1.54, 1.807) is 19.9 Å². The smallest absolute Gasteiger partial charge is 0.342 e. The summed E-state index contributed by atoms with van der Waals surface area (Å²) in [5.74, 6) is -0.975. The lowest BCUT2D eigenvalue weighted by Gasteiger charge is -2.14. The Bertz CT molecular complexity index is 3040. The molecular formula is C44H48N10O12S. The number of hydrogen-bond donors (Lipinski definition) is 4. The molecule has 1 unspecified atom stereocenters. The Balaban J connectivity index is 1.34. The largest absolute Gasteiger partial charge is 0.481 e. The number of aromatic nitrogens is 8. The summed E-state index contributed by atoms with van der Waals surface area (Å²) in [4.78, 5) is 73.0. The van der Waals surface area contributed by atoms with Crippen LogP contribution >= 0.6 is 12.0 Å². The van der Waals surface area contributed by atoms with Crippen LogP contribution in [-0.2, 0) is 41.5 Å². The molecule has 2 aliphatic rings. The van der Waals surface area contributed by atoms with Crippen LogP contribution in [0.1, 0.15) is 104 Å². The Hall–Kier alpha value is -7.05. The van der Waals surface area contributed by atoms with Gasteiger partial charge in [-0.25, -0.2) is 34.3 Å². The Kier molecular flexibility index (Phi) is 14.5. The zero-order valence-corrected chi connectivity index (χ0v) is 38.5. The molecule has 352 valence electrons. The van der Waals surface area contributed by atoms with E-state index in [1.165, 1.54) is 15.3 Å². The molecule has 23 heteroatoms. The van der Waals surface area contributed by atoms with Crippen molar-refractivity contribution < 1.29 is 48.6 Å². The predicted octanol–water partition coefficient (Wildman–Crippen LogP) is 8.71. The van der Waals surface area contributed by atoms with Crippen LogP contribution in [0.2, 0.25) is 0 Å². The summed E-state index contributed by atoms with van der Waals surface area (Å²) >= 11 is 0.792. The molecule has 0 radical (unpaired) electrons. The highest BCUT2D eigenvalue weighted by Crippen LogP contribution is 2.40. The van der Waals surface area contributed by atoms with E-state index < -0.39 is 27.9 Å².